The smallest absolute Gasteiger partial charge is 0.102 e. The fourth-order valence-corrected chi connectivity index (χ4v) is 3.75. The van der Waals surface area contributed by atoms with E-state index in [1.807, 2.05) is 21.6 Å². The summed E-state index contributed by atoms with van der Waals surface area (Å²) in [6, 6.07) is 0. The molecule has 1 aliphatic rings. The molecule has 1 saturated heterocycles. The van der Waals surface area contributed by atoms with Crippen LogP contribution >= 0.6 is 34.1 Å². The van der Waals surface area contributed by atoms with E-state index >= 15 is 0 Å². The van der Waals surface area contributed by atoms with E-state index in [2.05, 4.69) is 17.1 Å². The first kappa shape index (κ1) is 13.2. The predicted octanol–water partition coefficient (Wildman–Crippen LogP) is 3.73. The molecule has 0 aliphatic carbocycles. The van der Waals surface area contributed by atoms with Gasteiger partial charge in [-0.1, -0.05) is 40.2 Å². The largest absolute Gasteiger partial charge is 0.302 e. The fourth-order valence-electron chi connectivity index (χ4n) is 1.75. The molecule has 0 aromatic rings. The topological polar surface area (TPSA) is 3.24 Å². The van der Waals surface area contributed by atoms with Gasteiger partial charge in [0.2, 0.25) is 0 Å². The standard InChI is InChI=1S/C12H23NS3/c14-10-5-2-6-11-15-16-12-9-13-7-3-1-4-8-13/h2,6,14H,1,3-5,7-12H2/b6-2-/i/hT. The minimum absolute atomic E-state index is 0.920. The molecular weight excluding hydrogens is 254 g/mol. The van der Waals surface area contributed by atoms with E-state index in [1.54, 1.807) is 0 Å². The number of piperidine rings is 1. The van der Waals surface area contributed by atoms with Crippen molar-refractivity contribution in [2.45, 2.75) is 25.7 Å². The van der Waals surface area contributed by atoms with Crippen molar-refractivity contribution in [3.63, 3.8) is 0 Å². The zero-order valence-corrected chi connectivity index (χ0v) is 12.3. The lowest BCUT2D eigenvalue weighted by atomic mass is 10.1. The minimum atomic E-state index is 0.920. The molecular formula is C12H23NS3. The van der Waals surface area contributed by atoms with E-state index in [4.69, 9.17) is 1.12 Å². The van der Waals surface area contributed by atoms with Gasteiger partial charge in [0.05, 0.1) is 0 Å². The Hall–Kier alpha value is 0.750. The molecule has 0 spiro atoms. The number of nitrogens with zero attached hydrogens (tertiary/aromatic N) is 1. The number of likely N-dealkylation sites (tertiary alicyclic amines) is 1. The molecule has 1 fully saturated rings. The van der Waals surface area contributed by atoms with E-state index in [9.17, 15) is 0 Å². The summed E-state index contributed by atoms with van der Waals surface area (Å²) in [5.41, 5.74) is 0. The van der Waals surface area contributed by atoms with Crippen LogP contribution in [0.25, 0.3) is 0 Å². The van der Waals surface area contributed by atoms with Gasteiger partial charge in [0, 0.05) is 18.1 Å². The van der Waals surface area contributed by atoms with Crippen molar-refractivity contribution in [3.8, 4) is 0 Å². The van der Waals surface area contributed by atoms with E-state index in [-0.39, 0.29) is 0 Å². The third-order valence-corrected chi connectivity index (χ3v) is 5.13. The second-order valence-electron chi connectivity index (χ2n) is 3.97. The quantitative estimate of drug-likeness (QED) is 0.297. The maximum absolute atomic E-state index is 6.94. The lowest BCUT2D eigenvalue weighted by Crippen LogP contribution is -2.31. The lowest BCUT2D eigenvalue weighted by molar-refractivity contribution is 0.242. The summed E-state index contributed by atoms with van der Waals surface area (Å²) in [6.45, 7) is 3.89. The van der Waals surface area contributed by atoms with Gasteiger partial charge in [0.25, 0.3) is 0 Å². The molecule has 0 bridgehead atoms. The van der Waals surface area contributed by atoms with Gasteiger partial charge < -0.3 is 4.90 Å². The number of rotatable bonds is 9. The highest BCUT2D eigenvalue weighted by molar-refractivity contribution is 8.76. The second-order valence-corrected chi connectivity index (χ2v) is 7.01. The van der Waals surface area contributed by atoms with Crippen LogP contribution in [0.3, 0.4) is 0 Å². The lowest BCUT2D eigenvalue weighted by Gasteiger charge is -2.25. The van der Waals surface area contributed by atoms with Crippen LogP contribution in [0.4, 0.5) is 0 Å². The minimum Gasteiger partial charge on any atom is -0.302 e. The summed E-state index contributed by atoms with van der Waals surface area (Å²) in [5, 5.41) is 0. The van der Waals surface area contributed by atoms with Crippen LogP contribution in [-0.2, 0) is 0 Å². The van der Waals surface area contributed by atoms with Crippen molar-refractivity contribution in [1.29, 1.82) is 1.12 Å². The number of thiol groups is 1. The molecule has 0 saturated carbocycles. The average molecular weight is 280 g/mol. The summed E-state index contributed by atoms with van der Waals surface area (Å²) in [5.74, 6) is 3.28. The Labute approximate surface area is 115 Å². The molecule has 0 amide bonds. The normalized spacial score (nSPS) is 19.1. The van der Waals surface area contributed by atoms with Gasteiger partial charge in [-0.05, 0) is 38.1 Å². The SMILES string of the molecule is [3H]SCC/C=C\CSSCCN1CCCCC1. The Morgan fingerprint density at radius 2 is 2.06 bits per heavy atom. The van der Waals surface area contributed by atoms with Crippen LogP contribution in [0, 0.1) is 0 Å². The molecule has 0 N–H and O–H groups in total. The summed E-state index contributed by atoms with van der Waals surface area (Å²) < 4.78 is 6.94. The van der Waals surface area contributed by atoms with E-state index in [0.29, 0.717) is 0 Å². The van der Waals surface area contributed by atoms with Crippen molar-refractivity contribution in [3.05, 3.63) is 12.2 Å². The molecule has 16 heavy (non-hydrogen) atoms. The van der Waals surface area contributed by atoms with Crippen molar-refractivity contribution < 1.29 is 0 Å². The maximum atomic E-state index is 6.94. The highest BCUT2D eigenvalue weighted by atomic mass is 33.1. The first-order valence-electron chi connectivity index (χ1n) is 6.54. The first-order valence-corrected chi connectivity index (χ1v) is 9.20. The summed E-state index contributed by atoms with van der Waals surface area (Å²) in [7, 11) is 3.94. The Morgan fingerprint density at radius 1 is 1.19 bits per heavy atom. The molecule has 0 radical (unpaired) electrons. The predicted molar refractivity (Wildman–Crippen MR) is 82.8 cm³/mol. The number of hydrogen-bond donors (Lipinski definition) is 1. The maximum Gasteiger partial charge on any atom is 0.102 e. The first-order chi connectivity index (χ1) is 8.43. The monoisotopic (exact) mass is 279 g/mol. The van der Waals surface area contributed by atoms with E-state index < -0.39 is 0 Å². The fraction of sp³-hybridized carbons (Fsp3) is 0.833. The van der Waals surface area contributed by atoms with E-state index in [0.717, 1.165) is 17.9 Å². The number of hydrogen-bond acceptors (Lipinski definition) is 4. The molecule has 0 unspecified atom stereocenters. The molecule has 1 aliphatic heterocycles. The van der Waals surface area contributed by atoms with Crippen molar-refractivity contribution in [1.82, 2.24) is 4.90 Å². The Balaban J connectivity index is 1.82. The number of allylic oxidation sites excluding steroid dienone is 1. The molecule has 1 heterocycles. The van der Waals surface area contributed by atoms with Gasteiger partial charge in [0.15, 0.2) is 0 Å². The Bertz CT molecular complexity index is 196. The zero-order valence-electron chi connectivity index (χ0n) is 10.9. The van der Waals surface area contributed by atoms with Crippen molar-refractivity contribution >= 4 is 34.1 Å². The van der Waals surface area contributed by atoms with Crippen molar-refractivity contribution in [2.75, 3.05) is 36.9 Å². The van der Waals surface area contributed by atoms with Crippen LogP contribution < -0.4 is 0 Å². The summed E-state index contributed by atoms with van der Waals surface area (Å²) in [6.07, 6.45) is 9.69. The van der Waals surface area contributed by atoms with Gasteiger partial charge in [-0.3, -0.25) is 0 Å². The second kappa shape index (κ2) is 10.9. The Morgan fingerprint density at radius 3 is 2.88 bits per heavy atom. The molecule has 1 rings (SSSR count). The van der Waals surface area contributed by atoms with Crippen LogP contribution in [0.15, 0.2) is 12.2 Å². The van der Waals surface area contributed by atoms with Gasteiger partial charge in [-0.15, -0.1) is 0 Å². The van der Waals surface area contributed by atoms with Crippen LogP contribution in [0.5, 0.6) is 0 Å². The molecule has 0 aromatic carbocycles. The summed E-state index contributed by atoms with van der Waals surface area (Å²) >= 11 is 1.17. The van der Waals surface area contributed by atoms with Gasteiger partial charge in [-0.25, -0.2) is 0 Å². The van der Waals surface area contributed by atoms with Gasteiger partial charge >= 0.3 is 0 Å². The van der Waals surface area contributed by atoms with Crippen LogP contribution in [-0.4, -0.2) is 42.9 Å². The molecule has 4 heteroatoms. The summed E-state index contributed by atoms with van der Waals surface area (Å²) in [4.78, 5) is 2.60. The zero-order chi connectivity index (χ0) is 12.2. The van der Waals surface area contributed by atoms with Gasteiger partial charge in [0.1, 0.15) is 1.12 Å². The third-order valence-electron chi connectivity index (χ3n) is 2.64. The van der Waals surface area contributed by atoms with Crippen molar-refractivity contribution in [2.24, 2.45) is 0 Å². The average Bonchev–Trinajstić information content (AvgIpc) is 2.38. The molecule has 0 aromatic heterocycles. The highest BCUT2D eigenvalue weighted by Crippen LogP contribution is 2.21. The van der Waals surface area contributed by atoms with Crippen LogP contribution in [0.2, 0.25) is 0 Å². The molecule has 94 valence electrons. The van der Waals surface area contributed by atoms with E-state index in [1.165, 1.54) is 57.2 Å². The molecule has 1 nitrogen and oxygen atoms in total. The Kier molecular flexibility index (Phi) is 8.96. The van der Waals surface area contributed by atoms with Gasteiger partial charge in [-0.2, -0.15) is 12.5 Å². The molecule has 0 atom stereocenters. The third kappa shape index (κ3) is 7.93. The highest BCUT2D eigenvalue weighted by Gasteiger charge is 2.08. The van der Waals surface area contributed by atoms with Crippen LogP contribution in [0.1, 0.15) is 25.7 Å².